The fourth-order valence-electron chi connectivity index (χ4n) is 4.59. The normalized spacial score (nSPS) is 19.8. The Bertz CT molecular complexity index is 1140. The van der Waals surface area contributed by atoms with E-state index >= 15 is 0 Å². The van der Waals surface area contributed by atoms with E-state index in [2.05, 4.69) is 10.3 Å². The van der Waals surface area contributed by atoms with E-state index in [1.165, 1.54) is 0 Å². The second kappa shape index (κ2) is 7.61. The fraction of sp³-hybridized carbons (Fsp3) is 0.261. The van der Waals surface area contributed by atoms with Crippen LogP contribution in [0.3, 0.4) is 0 Å². The number of fused-ring (bicyclic) bond motifs is 4. The van der Waals surface area contributed by atoms with Gasteiger partial charge in [0.2, 0.25) is 0 Å². The van der Waals surface area contributed by atoms with Gasteiger partial charge in [-0.2, -0.15) is 0 Å². The van der Waals surface area contributed by atoms with Crippen LogP contribution in [0.1, 0.15) is 18.0 Å². The van der Waals surface area contributed by atoms with Gasteiger partial charge in [0.15, 0.2) is 0 Å². The van der Waals surface area contributed by atoms with Crippen LogP contribution in [-0.4, -0.2) is 33.6 Å². The highest BCUT2D eigenvalue weighted by atomic mass is 35.5. The maximum Gasteiger partial charge on any atom is 0.321 e. The number of rotatable bonds is 2. The Labute approximate surface area is 179 Å². The summed E-state index contributed by atoms with van der Waals surface area (Å²) in [5.41, 5.74) is 3.25. The molecule has 0 saturated carbocycles. The number of aromatic nitrogens is 2. The largest absolute Gasteiger partial charge is 0.324 e. The minimum absolute atomic E-state index is 0.0225. The minimum Gasteiger partial charge on any atom is -0.324 e. The Morgan fingerprint density at radius 1 is 1.07 bits per heavy atom. The first-order chi connectivity index (χ1) is 14.6. The van der Waals surface area contributed by atoms with E-state index in [1.807, 2.05) is 33.7 Å². The van der Waals surface area contributed by atoms with Crippen LogP contribution in [0.4, 0.5) is 10.5 Å². The van der Waals surface area contributed by atoms with Gasteiger partial charge < -0.3 is 14.8 Å². The molecule has 2 aliphatic rings. The van der Waals surface area contributed by atoms with Gasteiger partial charge in [0, 0.05) is 65.5 Å². The Morgan fingerprint density at radius 3 is 2.67 bits per heavy atom. The van der Waals surface area contributed by atoms with Gasteiger partial charge in [0.1, 0.15) is 0 Å². The molecule has 30 heavy (non-hydrogen) atoms. The fourth-order valence-corrected chi connectivity index (χ4v) is 4.72. The standard InChI is InChI=1S/C23H21ClN4O2/c24-18-3-5-19(6-4-18)26-23(30)27-12-15-10-17(14-27)21-8-7-20(22(29)28(21)13-15)16-2-1-9-25-11-16/h1-9,11,15,17H,10,12-14H2,(H,26,30). The Balaban J connectivity index is 1.38. The topological polar surface area (TPSA) is 67.2 Å². The third-order valence-electron chi connectivity index (χ3n) is 5.96. The van der Waals surface area contributed by atoms with E-state index in [0.29, 0.717) is 30.2 Å². The molecule has 152 valence electrons. The van der Waals surface area contributed by atoms with E-state index in [1.54, 1.807) is 36.7 Å². The lowest BCUT2D eigenvalue weighted by Gasteiger charge is -2.42. The lowest BCUT2D eigenvalue weighted by molar-refractivity contribution is 0.139. The first-order valence-corrected chi connectivity index (χ1v) is 10.4. The number of nitrogens with zero attached hydrogens (tertiary/aromatic N) is 3. The van der Waals surface area contributed by atoms with Crippen molar-refractivity contribution in [1.29, 1.82) is 0 Å². The van der Waals surface area contributed by atoms with E-state index in [4.69, 9.17) is 11.6 Å². The molecule has 2 aliphatic heterocycles. The van der Waals surface area contributed by atoms with Crippen LogP contribution in [0.2, 0.25) is 5.02 Å². The summed E-state index contributed by atoms with van der Waals surface area (Å²) in [6, 6.07) is 14.6. The second-order valence-corrected chi connectivity index (χ2v) is 8.41. The summed E-state index contributed by atoms with van der Waals surface area (Å²) in [6.07, 6.45) is 4.42. The monoisotopic (exact) mass is 420 g/mol. The number of carbonyl (C=O) groups is 1. The Kier molecular flexibility index (Phi) is 4.79. The number of benzene rings is 1. The molecule has 2 atom stereocenters. The zero-order valence-corrected chi connectivity index (χ0v) is 17.0. The average molecular weight is 421 g/mol. The smallest absolute Gasteiger partial charge is 0.321 e. The van der Waals surface area contributed by atoms with Gasteiger partial charge in [-0.1, -0.05) is 17.7 Å². The number of carbonyl (C=O) groups excluding carboxylic acids is 1. The molecule has 5 rings (SSSR count). The molecule has 7 heteroatoms. The average Bonchev–Trinajstić information content (AvgIpc) is 2.76. The molecule has 1 N–H and O–H groups in total. The van der Waals surface area contributed by atoms with Crippen molar-refractivity contribution in [2.45, 2.75) is 18.9 Å². The molecule has 2 aromatic heterocycles. The lowest BCUT2D eigenvalue weighted by Crippen LogP contribution is -2.50. The zero-order chi connectivity index (χ0) is 20.7. The summed E-state index contributed by atoms with van der Waals surface area (Å²) in [7, 11) is 0. The molecule has 0 spiro atoms. The Morgan fingerprint density at radius 2 is 1.90 bits per heavy atom. The van der Waals surface area contributed by atoms with Crippen molar-refractivity contribution < 1.29 is 4.79 Å². The molecular weight excluding hydrogens is 400 g/mol. The van der Waals surface area contributed by atoms with Crippen LogP contribution in [0, 0.1) is 5.92 Å². The highest BCUT2D eigenvalue weighted by Gasteiger charge is 2.36. The first kappa shape index (κ1) is 18.9. The van der Waals surface area contributed by atoms with Crippen molar-refractivity contribution in [3.05, 3.63) is 82.0 Å². The summed E-state index contributed by atoms with van der Waals surface area (Å²) >= 11 is 5.92. The van der Waals surface area contributed by atoms with Crippen LogP contribution in [0.25, 0.3) is 11.1 Å². The molecule has 4 heterocycles. The predicted molar refractivity (Wildman–Crippen MR) is 117 cm³/mol. The van der Waals surface area contributed by atoms with Crippen LogP contribution >= 0.6 is 11.6 Å². The van der Waals surface area contributed by atoms with Crippen molar-refractivity contribution in [3.63, 3.8) is 0 Å². The van der Waals surface area contributed by atoms with Crippen molar-refractivity contribution in [3.8, 4) is 11.1 Å². The number of hydrogen-bond acceptors (Lipinski definition) is 3. The maximum atomic E-state index is 13.2. The van der Waals surface area contributed by atoms with E-state index in [9.17, 15) is 9.59 Å². The third kappa shape index (κ3) is 3.48. The number of halogens is 1. The molecule has 1 aromatic carbocycles. The van der Waals surface area contributed by atoms with Crippen LogP contribution in [0.15, 0.2) is 65.7 Å². The van der Waals surface area contributed by atoms with Gasteiger partial charge in [0.05, 0.1) is 0 Å². The van der Waals surface area contributed by atoms with Gasteiger partial charge in [-0.05, 0) is 54.8 Å². The quantitative estimate of drug-likeness (QED) is 0.675. The highest BCUT2D eigenvalue weighted by Crippen LogP contribution is 2.36. The lowest BCUT2D eigenvalue weighted by atomic mass is 9.83. The second-order valence-electron chi connectivity index (χ2n) is 7.97. The van der Waals surface area contributed by atoms with E-state index < -0.39 is 0 Å². The van der Waals surface area contributed by atoms with Crippen LogP contribution in [-0.2, 0) is 6.54 Å². The summed E-state index contributed by atoms with van der Waals surface area (Å²) in [5, 5.41) is 3.58. The van der Waals surface area contributed by atoms with Crippen molar-refractivity contribution in [1.82, 2.24) is 14.5 Å². The minimum atomic E-state index is -0.116. The molecule has 6 nitrogen and oxygen atoms in total. The van der Waals surface area contributed by atoms with Crippen molar-refractivity contribution in [2.24, 2.45) is 5.92 Å². The first-order valence-electron chi connectivity index (χ1n) is 10.0. The number of pyridine rings is 2. The summed E-state index contributed by atoms with van der Waals surface area (Å²) < 4.78 is 1.90. The molecule has 1 saturated heterocycles. The van der Waals surface area contributed by atoms with Crippen molar-refractivity contribution in [2.75, 3.05) is 18.4 Å². The maximum absolute atomic E-state index is 13.2. The van der Waals surface area contributed by atoms with Gasteiger partial charge >= 0.3 is 6.03 Å². The summed E-state index contributed by atoms with van der Waals surface area (Å²) in [6.45, 7) is 1.87. The summed E-state index contributed by atoms with van der Waals surface area (Å²) in [5.74, 6) is 0.415. The Hall–Kier alpha value is -3.12. The van der Waals surface area contributed by atoms with Crippen molar-refractivity contribution >= 4 is 23.3 Å². The number of hydrogen-bond donors (Lipinski definition) is 1. The van der Waals surface area contributed by atoms with Gasteiger partial charge in [-0.3, -0.25) is 9.78 Å². The van der Waals surface area contributed by atoms with Gasteiger partial charge in [0.25, 0.3) is 5.56 Å². The molecule has 2 amide bonds. The summed E-state index contributed by atoms with van der Waals surface area (Å²) in [4.78, 5) is 32.0. The molecule has 3 aromatic rings. The number of urea groups is 1. The third-order valence-corrected chi connectivity index (χ3v) is 6.21. The number of piperidine rings is 1. The zero-order valence-electron chi connectivity index (χ0n) is 16.3. The highest BCUT2D eigenvalue weighted by molar-refractivity contribution is 6.30. The molecule has 2 unspecified atom stereocenters. The number of amides is 2. The van der Waals surface area contributed by atoms with E-state index in [0.717, 1.165) is 23.4 Å². The molecule has 1 fully saturated rings. The SMILES string of the molecule is O=C(Nc1ccc(Cl)cc1)N1CC2CC(C1)c1ccc(-c3cccnc3)c(=O)n1C2. The molecule has 2 bridgehead atoms. The number of anilines is 1. The predicted octanol–water partition coefficient (Wildman–Crippen LogP) is 4.21. The van der Waals surface area contributed by atoms with Crippen LogP contribution in [0.5, 0.6) is 0 Å². The van der Waals surface area contributed by atoms with Crippen LogP contribution < -0.4 is 10.9 Å². The van der Waals surface area contributed by atoms with E-state index in [-0.39, 0.29) is 23.4 Å². The molecule has 0 radical (unpaired) electrons. The van der Waals surface area contributed by atoms with Gasteiger partial charge in [-0.25, -0.2) is 4.79 Å². The molecule has 0 aliphatic carbocycles. The van der Waals surface area contributed by atoms with Gasteiger partial charge in [-0.15, -0.1) is 0 Å². The number of nitrogens with one attached hydrogen (secondary N) is 1. The number of likely N-dealkylation sites (tertiary alicyclic amines) is 1. The molecular formula is C23H21ClN4O2.